The van der Waals surface area contributed by atoms with Crippen LogP contribution >= 0.6 is 0 Å². The minimum absolute atomic E-state index is 0.0123. The van der Waals surface area contributed by atoms with Crippen LogP contribution in [0.15, 0.2) is 4.99 Å². The van der Waals surface area contributed by atoms with Gasteiger partial charge in [-0.25, -0.2) is 0 Å². The van der Waals surface area contributed by atoms with Gasteiger partial charge in [-0.15, -0.1) is 0 Å². The first-order valence-corrected chi connectivity index (χ1v) is 25.9. The number of carbonyl (C=O) groups is 3. The van der Waals surface area contributed by atoms with Crippen molar-refractivity contribution in [2.45, 2.75) is 265 Å². The van der Waals surface area contributed by atoms with Gasteiger partial charge in [0, 0.05) is 26.4 Å². The van der Waals surface area contributed by atoms with Gasteiger partial charge in [0.2, 0.25) is 0 Å². The Morgan fingerprint density at radius 3 is 1.32 bits per heavy atom. The molecule has 0 heterocycles. The van der Waals surface area contributed by atoms with Crippen LogP contribution in [0.3, 0.4) is 0 Å². The summed E-state index contributed by atoms with van der Waals surface area (Å²) in [5.41, 5.74) is 0. The zero-order chi connectivity index (χ0) is 44.0. The average molecular weight is 849 g/mol. The third kappa shape index (κ3) is 39.9. The highest BCUT2D eigenvalue weighted by Crippen LogP contribution is 2.19. The summed E-state index contributed by atoms with van der Waals surface area (Å²) in [6.45, 7) is 13.1. The molecule has 0 saturated heterocycles. The second-order valence-electron chi connectivity index (χ2n) is 17.6. The van der Waals surface area contributed by atoms with Gasteiger partial charge in [-0.3, -0.25) is 14.6 Å². The number of hydrogen-bond acceptors (Lipinski definition) is 7. The van der Waals surface area contributed by atoms with E-state index >= 15 is 0 Å². The van der Waals surface area contributed by atoms with Gasteiger partial charge in [0.05, 0.1) is 6.54 Å². The highest BCUT2D eigenvalue weighted by Gasteiger charge is 2.15. The van der Waals surface area contributed by atoms with Gasteiger partial charge < -0.3 is 29.8 Å². The summed E-state index contributed by atoms with van der Waals surface area (Å²) < 4.78 is 11.9. The third-order valence-electron chi connectivity index (χ3n) is 11.9. The summed E-state index contributed by atoms with van der Waals surface area (Å²) in [4.78, 5) is 42.9. The Balaban J connectivity index is 4.56. The van der Waals surface area contributed by atoms with E-state index in [2.05, 4.69) is 48.2 Å². The average Bonchev–Trinajstić information content (AvgIpc) is 3.25. The number of carbonyl (C=O) groups excluding carboxylic acids is 3. The Morgan fingerprint density at radius 2 is 0.883 bits per heavy atom. The van der Waals surface area contributed by atoms with Crippen LogP contribution in [-0.2, 0) is 23.9 Å². The second kappa shape index (κ2) is 46.3. The lowest BCUT2D eigenvalue weighted by molar-refractivity contribution is -0.150. The Morgan fingerprint density at radius 1 is 0.500 bits per heavy atom. The van der Waals surface area contributed by atoms with Crippen molar-refractivity contribution in [1.82, 2.24) is 15.5 Å². The molecule has 1 unspecified atom stereocenters. The van der Waals surface area contributed by atoms with E-state index in [4.69, 9.17) is 9.47 Å². The minimum atomic E-state index is -0.0172. The summed E-state index contributed by atoms with van der Waals surface area (Å²) in [5, 5.41) is 6.33. The SMILES string of the molecule is CCCCCCCCC(CC)OC(=O)CCCCCCCN(CCCCCCCC(=O)OC(CCCCCCCC)CCCCCCCC)CCCNC(=NC)NCC=O. The van der Waals surface area contributed by atoms with E-state index in [0.29, 0.717) is 18.8 Å². The lowest BCUT2D eigenvalue weighted by Gasteiger charge is -2.23. The summed E-state index contributed by atoms with van der Waals surface area (Å²) in [5.74, 6) is 0.658. The van der Waals surface area contributed by atoms with Gasteiger partial charge in [0.25, 0.3) is 0 Å². The Hall–Kier alpha value is -2.16. The molecule has 354 valence electrons. The monoisotopic (exact) mass is 849 g/mol. The quantitative estimate of drug-likeness (QED) is 0.0205. The number of aldehydes is 1. The van der Waals surface area contributed by atoms with Gasteiger partial charge >= 0.3 is 11.9 Å². The molecule has 0 aliphatic rings. The molecule has 0 bridgehead atoms. The van der Waals surface area contributed by atoms with Crippen molar-refractivity contribution < 1.29 is 23.9 Å². The lowest BCUT2D eigenvalue weighted by atomic mass is 10.0. The van der Waals surface area contributed by atoms with Crippen molar-refractivity contribution in [2.24, 2.45) is 4.99 Å². The topological polar surface area (TPSA) is 109 Å². The molecule has 9 nitrogen and oxygen atoms in total. The fourth-order valence-corrected chi connectivity index (χ4v) is 8.03. The first-order chi connectivity index (χ1) is 29.4. The third-order valence-corrected chi connectivity index (χ3v) is 11.9. The van der Waals surface area contributed by atoms with Crippen molar-refractivity contribution in [3.8, 4) is 0 Å². The molecule has 0 rings (SSSR count). The van der Waals surface area contributed by atoms with Gasteiger partial charge in [0.1, 0.15) is 18.5 Å². The van der Waals surface area contributed by atoms with Crippen molar-refractivity contribution in [3.63, 3.8) is 0 Å². The smallest absolute Gasteiger partial charge is 0.306 e. The number of aliphatic imine (C=N–C) groups is 1. The van der Waals surface area contributed by atoms with Crippen molar-refractivity contribution in [3.05, 3.63) is 0 Å². The predicted molar refractivity (Wildman–Crippen MR) is 256 cm³/mol. The standard InChI is InChI=1S/C51H100N4O5/c1-6-10-13-16-21-28-36-47(9-4)59-49(57)39-31-24-19-26-33-43-55(45-35-41-53-51(52-5)54-42-46-56)44-34-27-20-25-32-40-50(58)60-48(37-29-22-17-14-11-7-2)38-30-23-18-15-12-8-3/h46-48H,6-45H2,1-5H3,(H2,52,53,54). The summed E-state index contributed by atoms with van der Waals surface area (Å²) in [6.07, 6.45) is 41.0. The van der Waals surface area contributed by atoms with Gasteiger partial charge in [-0.1, -0.05) is 163 Å². The maximum Gasteiger partial charge on any atom is 0.306 e. The summed E-state index contributed by atoms with van der Waals surface area (Å²) in [7, 11) is 1.72. The Labute approximate surface area is 371 Å². The number of nitrogens with zero attached hydrogens (tertiary/aromatic N) is 2. The van der Waals surface area contributed by atoms with Crippen LogP contribution in [0.5, 0.6) is 0 Å². The van der Waals surface area contributed by atoms with Crippen LogP contribution in [0.1, 0.15) is 252 Å². The van der Waals surface area contributed by atoms with Crippen LogP contribution in [-0.4, -0.2) is 81.1 Å². The van der Waals surface area contributed by atoms with E-state index in [1.165, 1.54) is 128 Å². The molecular weight excluding hydrogens is 749 g/mol. The van der Waals surface area contributed by atoms with E-state index in [-0.39, 0.29) is 30.7 Å². The van der Waals surface area contributed by atoms with E-state index in [9.17, 15) is 14.4 Å². The van der Waals surface area contributed by atoms with Gasteiger partial charge in [0.15, 0.2) is 5.96 Å². The van der Waals surface area contributed by atoms with Gasteiger partial charge in [-0.05, 0) is 96.7 Å². The Bertz CT molecular complexity index is 963. The summed E-state index contributed by atoms with van der Waals surface area (Å²) in [6, 6.07) is 0. The zero-order valence-corrected chi connectivity index (χ0v) is 40.5. The molecule has 9 heteroatoms. The van der Waals surface area contributed by atoms with E-state index < -0.39 is 0 Å². The first kappa shape index (κ1) is 57.8. The predicted octanol–water partition coefficient (Wildman–Crippen LogP) is 13.2. The first-order valence-electron chi connectivity index (χ1n) is 25.9. The molecule has 2 N–H and O–H groups in total. The van der Waals surface area contributed by atoms with Crippen LogP contribution in [0.25, 0.3) is 0 Å². The van der Waals surface area contributed by atoms with E-state index in [1.807, 2.05) is 0 Å². The van der Waals surface area contributed by atoms with E-state index in [1.54, 1.807) is 7.05 Å². The molecule has 0 spiro atoms. The maximum absolute atomic E-state index is 12.9. The molecule has 0 aliphatic carbocycles. The molecule has 60 heavy (non-hydrogen) atoms. The van der Waals surface area contributed by atoms with Crippen LogP contribution in [0, 0.1) is 0 Å². The number of esters is 2. The number of nitrogens with one attached hydrogen (secondary N) is 2. The number of ether oxygens (including phenoxy) is 2. The lowest BCUT2D eigenvalue weighted by Crippen LogP contribution is -2.39. The van der Waals surface area contributed by atoms with Crippen molar-refractivity contribution >= 4 is 24.2 Å². The van der Waals surface area contributed by atoms with Crippen molar-refractivity contribution in [1.29, 1.82) is 0 Å². The molecular formula is C51H100N4O5. The molecule has 0 radical (unpaired) electrons. The molecule has 0 aromatic rings. The number of guanidine groups is 1. The normalized spacial score (nSPS) is 12.3. The molecule has 0 aromatic heterocycles. The van der Waals surface area contributed by atoms with Crippen LogP contribution < -0.4 is 10.6 Å². The second-order valence-corrected chi connectivity index (χ2v) is 17.6. The molecule has 0 saturated carbocycles. The fourth-order valence-electron chi connectivity index (χ4n) is 8.03. The van der Waals surface area contributed by atoms with Crippen LogP contribution in [0.4, 0.5) is 0 Å². The largest absolute Gasteiger partial charge is 0.462 e. The zero-order valence-electron chi connectivity index (χ0n) is 40.5. The highest BCUT2D eigenvalue weighted by atomic mass is 16.5. The van der Waals surface area contributed by atoms with Crippen molar-refractivity contribution in [2.75, 3.05) is 39.8 Å². The maximum atomic E-state index is 12.9. The molecule has 0 aromatic carbocycles. The Kier molecular flexibility index (Phi) is 44.7. The van der Waals surface area contributed by atoms with E-state index in [0.717, 1.165) is 116 Å². The highest BCUT2D eigenvalue weighted by molar-refractivity contribution is 5.81. The molecule has 0 amide bonds. The number of rotatable bonds is 46. The minimum Gasteiger partial charge on any atom is -0.462 e. The molecule has 0 aliphatic heterocycles. The number of unbranched alkanes of at least 4 members (excludes halogenated alkanes) is 23. The summed E-state index contributed by atoms with van der Waals surface area (Å²) >= 11 is 0. The molecule has 0 fully saturated rings. The van der Waals surface area contributed by atoms with Gasteiger partial charge in [-0.2, -0.15) is 0 Å². The molecule has 1 atom stereocenters. The number of hydrogen-bond donors (Lipinski definition) is 2. The van der Waals surface area contributed by atoms with Crippen LogP contribution in [0.2, 0.25) is 0 Å². The fraction of sp³-hybridized carbons (Fsp3) is 0.922.